The number of rotatable bonds is 3. The van der Waals surface area contributed by atoms with E-state index in [-0.39, 0.29) is 5.91 Å². The van der Waals surface area contributed by atoms with Crippen molar-refractivity contribution in [2.24, 2.45) is 0 Å². The van der Waals surface area contributed by atoms with Crippen molar-refractivity contribution < 1.29 is 4.79 Å². The van der Waals surface area contributed by atoms with Crippen molar-refractivity contribution >= 4 is 11.7 Å². The van der Waals surface area contributed by atoms with Crippen molar-refractivity contribution in [3.8, 4) is 0 Å². The van der Waals surface area contributed by atoms with Crippen LogP contribution < -0.4 is 10.6 Å². The maximum atomic E-state index is 11.7. The number of carbonyl (C=O) groups is 1. The van der Waals surface area contributed by atoms with Crippen LogP contribution >= 0.6 is 0 Å². The van der Waals surface area contributed by atoms with Gasteiger partial charge in [0, 0.05) is 5.56 Å². The van der Waals surface area contributed by atoms with Crippen LogP contribution in [0.5, 0.6) is 0 Å². The molecule has 1 aromatic rings. The van der Waals surface area contributed by atoms with Crippen molar-refractivity contribution in [3.05, 3.63) is 11.8 Å². The van der Waals surface area contributed by atoms with Crippen LogP contribution in [0.1, 0.15) is 19.4 Å². The molecule has 0 bridgehead atoms. The molecule has 1 amide bonds. The average Bonchev–Trinajstić information content (AvgIpc) is 2.52. The van der Waals surface area contributed by atoms with Gasteiger partial charge in [0.1, 0.15) is 5.82 Å². The van der Waals surface area contributed by atoms with E-state index in [1.807, 2.05) is 20.8 Å². The van der Waals surface area contributed by atoms with E-state index in [0.717, 1.165) is 5.56 Å². The van der Waals surface area contributed by atoms with E-state index in [1.165, 1.54) is 0 Å². The van der Waals surface area contributed by atoms with E-state index in [1.54, 1.807) is 13.2 Å². The molecule has 1 aromatic heterocycles. The van der Waals surface area contributed by atoms with Crippen molar-refractivity contribution in [1.82, 2.24) is 15.5 Å². The Morgan fingerprint density at radius 1 is 1.57 bits per heavy atom. The van der Waals surface area contributed by atoms with Gasteiger partial charge in [0.15, 0.2) is 0 Å². The molecule has 0 saturated heterocycles. The number of aryl methyl sites for hydroxylation is 1. The fourth-order valence-electron chi connectivity index (χ4n) is 0.856. The van der Waals surface area contributed by atoms with Crippen LogP contribution in [0.4, 0.5) is 5.82 Å². The lowest BCUT2D eigenvalue weighted by Crippen LogP contribution is -2.48. The summed E-state index contributed by atoms with van der Waals surface area (Å²) in [5.74, 6) is 0.561. The molecule has 0 saturated carbocycles. The number of hydrogen-bond acceptors (Lipinski definition) is 3. The average molecular weight is 196 g/mol. The largest absolute Gasteiger partial charge is 0.309 e. The maximum Gasteiger partial charge on any atom is 0.245 e. The van der Waals surface area contributed by atoms with Gasteiger partial charge in [-0.15, -0.1) is 0 Å². The molecule has 3 N–H and O–H groups in total. The van der Waals surface area contributed by atoms with Crippen LogP contribution in [-0.4, -0.2) is 28.7 Å². The smallest absolute Gasteiger partial charge is 0.245 e. The molecule has 78 valence electrons. The monoisotopic (exact) mass is 196 g/mol. The SMILES string of the molecule is CNC(C)(C)C(=O)Nc1[nH]ncc1C. The summed E-state index contributed by atoms with van der Waals surface area (Å²) in [6.45, 7) is 5.51. The topological polar surface area (TPSA) is 69.8 Å². The fourth-order valence-corrected chi connectivity index (χ4v) is 0.856. The lowest BCUT2D eigenvalue weighted by Gasteiger charge is -2.22. The van der Waals surface area contributed by atoms with Gasteiger partial charge < -0.3 is 10.6 Å². The lowest BCUT2D eigenvalue weighted by atomic mass is 10.1. The van der Waals surface area contributed by atoms with Crippen LogP contribution in [-0.2, 0) is 4.79 Å². The molecule has 5 nitrogen and oxygen atoms in total. The maximum absolute atomic E-state index is 11.7. The van der Waals surface area contributed by atoms with Crippen molar-refractivity contribution in [2.45, 2.75) is 26.3 Å². The molecule has 0 atom stereocenters. The van der Waals surface area contributed by atoms with Crippen LogP contribution in [0.25, 0.3) is 0 Å². The third-order valence-electron chi connectivity index (χ3n) is 2.26. The Kier molecular flexibility index (Phi) is 2.90. The van der Waals surface area contributed by atoms with Crippen LogP contribution in [0, 0.1) is 6.92 Å². The molecule has 5 heteroatoms. The Bertz CT molecular complexity index is 329. The Morgan fingerprint density at radius 3 is 2.64 bits per heavy atom. The van der Waals surface area contributed by atoms with E-state index >= 15 is 0 Å². The molecule has 1 heterocycles. The molecule has 0 aliphatic heterocycles. The first-order valence-corrected chi connectivity index (χ1v) is 4.47. The molecular formula is C9H16N4O. The van der Waals surface area contributed by atoms with Gasteiger partial charge in [0.25, 0.3) is 0 Å². The Labute approximate surface area is 83.3 Å². The van der Waals surface area contributed by atoms with E-state index in [0.29, 0.717) is 5.82 Å². The number of carbonyl (C=O) groups excluding carboxylic acids is 1. The number of amides is 1. The number of anilines is 1. The van der Waals surface area contributed by atoms with E-state index in [2.05, 4.69) is 20.8 Å². The molecule has 0 spiro atoms. The van der Waals surface area contributed by atoms with Gasteiger partial charge in [0.05, 0.1) is 11.7 Å². The summed E-state index contributed by atoms with van der Waals surface area (Å²) in [6, 6.07) is 0. The number of aromatic nitrogens is 2. The molecule has 0 aliphatic carbocycles. The van der Waals surface area contributed by atoms with Crippen LogP contribution in [0.2, 0.25) is 0 Å². The van der Waals surface area contributed by atoms with Gasteiger partial charge in [-0.3, -0.25) is 9.89 Å². The number of aromatic amines is 1. The standard InChI is InChI=1S/C9H16N4O/c1-6-5-11-13-7(6)12-8(14)9(2,3)10-4/h5,10H,1-4H3,(H2,11,12,13,14). The summed E-state index contributed by atoms with van der Waals surface area (Å²) >= 11 is 0. The molecule has 0 aliphatic rings. The zero-order valence-corrected chi connectivity index (χ0v) is 8.93. The minimum atomic E-state index is -0.586. The van der Waals surface area contributed by atoms with Gasteiger partial charge in [-0.05, 0) is 27.8 Å². The van der Waals surface area contributed by atoms with E-state index < -0.39 is 5.54 Å². The highest BCUT2D eigenvalue weighted by Gasteiger charge is 2.25. The molecular weight excluding hydrogens is 180 g/mol. The van der Waals surface area contributed by atoms with Gasteiger partial charge in [-0.1, -0.05) is 0 Å². The zero-order chi connectivity index (χ0) is 10.8. The summed E-state index contributed by atoms with van der Waals surface area (Å²) in [4.78, 5) is 11.7. The first-order valence-electron chi connectivity index (χ1n) is 4.47. The van der Waals surface area contributed by atoms with E-state index in [4.69, 9.17) is 0 Å². The Balaban J connectivity index is 2.71. The summed E-state index contributed by atoms with van der Waals surface area (Å²) in [7, 11) is 1.75. The van der Waals surface area contributed by atoms with Crippen molar-refractivity contribution in [3.63, 3.8) is 0 Å². The fraction of sp³-hybridized carbons (Fsp3) is 0.556. The number of nitrogens with zero attached hydrogens (tertiary/aromatic N) is 1. The third kappa shape index (κ3) is 2.11. The Hall–Kier alpha value is -1.36. The second-order valence-corrected chi connectivity index (χ2v) is 3.76. The molecule has 0 unspecified atom stereocenters. The normalized spacial score (nSPS) is 11.4. The summed E-state index contributed by atoms with van der Waals surface area (Å²) in [5, 5.41) is 12.2. The highest BCUT2D eigenvalue weighted by atomic mass is 16.2. The molecule has 0 fully saturated rings. The predicted octanol–water partition coefficient (Wildman–Crippen LogP) is 0.655. The molecule has 1 rings (SSSR count). The van der Waals surface area contributed by atoms with Crippen LogP contribution in [0.3, 0.4) is 0 Å². The quantitative estimate of drug-likeness (QED) is 0.665. The first kappa shape index (κ1) is 10.7. The third-order valence-corrected chi connectivity index (χ3v) is 2.26. The van der Waals surface area contributed by atoms with Crippen molar-refractivity contribution in [2.75, 3.05) is 12.4 Å². The Morgan fingerprint density at radius 2 is 2.21 bits per heavy atom. The van der Waals surface area contributed by atoms with Gasteiger partial charge in [-0.2, -0.15) is 5.10 Å². The second-order valence-electron chi connectivity index (χ2n) is 3.76. The number of likely N-dealkylation sites (N-methyl/N-ethyl adjacent to an activating group) is 1. The first-order chi connectivity index (χ1) is 6.47. The minimum absolute atomic E-state index is 0.0904. The van der Waals surface area contributed by atoms with Gasteiger partial charge in [0.2, 0.25) is 5.91 Å². The van der Waals surface area contributed by atoms with Gasteiger partial charge in [-0.25, -0.2) is 0 Å². The van der Waals surface area contributed by atoms with Gasteiger partial charge >= 0.3 is 0 Å². The summed E-state index contributed by atoms with van der Waals surface area (Å²) in [6.07, 6.45) is 1.67. The summed E-state index contributed by atoms with van der Waals surface area (Å²) < 4.78 is 0. The second kappa shape index (κ2) is 3.79. The zero-order valence-electron chi connectivity index (χ0n) is 8.93. The highest BCUT2D eigenvalue weighted by Crippen LogP contribution is 2.11. The molecule has 0 radical (unpaired) electrons. The minimum Gasteiger partial charge on any atom is -0.309 e. The summed E-state index contributed by atoms with van der Waals surface area (Å²) in [5.41, 5.74) is 0.336. The lowest BCUT2D eigenvalue weighted by molar-refractivity contribution is -0.121. The van der Waals surface area contributed by atoms with Crippen molar-refractivity contribution in [1.29, 1.82) is 0 Å². The highest BCUT2D eigenvalue weighted by molar-refractivity contribution is 5.97. The molecule has 0 aromatic carbocycles. The molecule has 14 heavy (non-hydrogen) atoms. The van der Waals surface area contributed by atoms with Crippen LogP contribution in [0.15, 0.2) is 6.20 Å². The predicted molar refractivity (Wildman–Crippen MR) is 55.1 cm³/mol. The number of nitrogens with one attached hydrogen (secondary N) is 3. The van der Waals surface area contributed by atoms with E-state index in [9.17, 15) is 4.79 Å². The number of H-pyrrole nitrogens is 1. The number of hydrogen-bond donors (Lipinski definition) is 3.